The Kier molecular flexibility index (Phi) is 19.3. The second kappa shape index (κ2) is 23.2. The van der Waals surface area contributed by atoms with Crippen LogP contribution >= 0.6 is 0 Å². The Bertz CT molecular complexity index is 1510. The molecule has 0 aliphatic carbocycles. The third kappa shape index (κ3) is 15.7. The molecule has 4 rings (SSSR count). The van der Waals surface area contributed by atoms with E-state index >= 15 is 0 Å². The summed E-state index contributed by atoms with van der Waals surface area (Å²) in [4.78, 5) is 11.3. The standard InChI is InChI=1S/C20H24O2.C13H20O.C11H16O2/c1-3-4-6-11-18-13-19(12-16(2)20(18)14-21)22-15-17-9-7-5-8-10-17;1-4-5-6-7-12-9-10(2)8-11(3)13(12)14;1-2-3-4-5-9-6-10(12)8-11(13)7-9/h5,7-10,12-14H,3-4,6,11,15H2,1-2H3;8-9,14H,4-7H2,1-3H3;6-8,12-13H,2-5H2,1H3. The van der Waals surface area contributed by atoms with Crippen LogP contribution in [-0.4, -0.2) is 21.6 Å². The van der Waals surface area contributed by atoms with Gasteiger partial charge >= 0.3 is 0 Å². The number of rotatable bonds is 16. The molecular weight excluding hydrogens is 608 g/mol. The SMILES string of the molecule is CCCCCc1cc(C)cc(C)c1O.CCCCCc1cc(O)cc(O)c1.CCCCCc1cc(OCc2ccccc2)cc(C)c1C=O. The first kappa shape index (κ1) is 40.9. The summed E-state index contributed by atoms with van der Waals surface area (Å²) in [6.07, 6.45) is 14.4. The van der Waals surface area contributed by atoms with Crippen molar-refractivity contribution >= 4 is 6.29 Å². The zero-order valence-corrected chi connectivity index (χ0v) is 30.9. The molecule has 3 N–H and O–H groups in total. The maximum Gasteiger partial charge on any atom is 0.150 e. The number of aromatic hydroxyl groups is 3. The molecular formula is C44H60O5. The number of hydrogen-bond donors (Lipinski definition) is 3. The van der Waals surface area contributed by atoms with Crippen molar-refractivity contribution < 1.29 is 24.9 Å². The van der Waals surface area contributed by atoms with Crippen LogP contribution in [0, 0.1) is 20.8 Å². The Balaban J connectivity index is 0.000000269. The van der Waals surface area contributed by atoms with Crippen molar-refractivity contribution in [2.45, 2.75) is 125 Å². The van der Waals surface area contributed by atoms with E-state index in [0.717, 1.165) is 83.1 Å². The second-order valence-electron chi connectivity index (χ2n) is 13.0. The molecule has 0 saturated heterocycles. The fourth-order valence-corrected chi connectivity index (χ4v) is 5.78. The molecule has 0 amide bonds. The van der Waals surface area contributed by atoms with E-state index in [1.807, 2.05) is 50.2 Å². The van der Waals surface area contributed by atoms with Crippen molar-refractivity contribution in [3.05, 3.63) is 117 Å². The van der Waals surface area contributed by atoms with Gasteiger partial charge < -0.3 is 20.1 Å². The monoisotopic (exact) mass is 668 g/mol. The number of aldehydes is 1. The molecule has 5 nitrogen and oxygen atoms in total. The second-order valence-corrected chi connectivity index (χ2v) is 13.0. The van der Waals surface area contributed by atoms with E-state index in [4.69, 9.17) is 4.74 Å². The first-order valence-electron chi connectivity index (χ1n) is 18.2. The molecule has 0 bridgehead atoms. The average Bonchev–Trinajstić information content (AvgIpc) is 3.07. The van der Waals surface area contributed by atoms with Gasteiger partial charge in [-0.1, -0.05) is 107 Å². The molecule has 0 saturated carbocycles. The van der Waals surface area contributed by atoms with Gasteiger partial charge in [0.15, 0.2) is 6.29 Å². The van der Waals surface area contributed by atoms with Crippen LogP contribution in [0.25, 0.3) is 0 Å². The zero-order valence-electron chi connectivity index (χ0n) is 30.9. The van der Waals surface area contributed by atoms with Crippen LogP contribution in [0.5, 0.6) is 23.0 Å². The minimum atomic E-state index is 0.145. The van der Waals surface area contributed by atoms with E-state index in [2.05, 4.69) is 45.9 Å². The van der Waals surface area contributed by atoms with Crippen LogP contribution in [-0.2, 0) is 25.9 Å². The highest BCUT2D eigenvalue weighted by atomic mass is 16.5. The highest BCUT2D eigenvalue weighted by Crippen LogP contribution is 2.26. The lowest BCUT2D eigenvalue weighted by atomic mass is 9.97. The van der Waals surface area contributed by atoms with Crippen molar-refractivity contribution in [1.29, 1.82) is 0 Å². The zero-order chi connectivity index (χ0) is 36.0. The van der Waals surface area contributed by atoms with Gasteiger partial charge in [0.25, 0.3) is 0 Å². The van der Waals surface area contributed by atoms with E-state index in [9.17, 15) is 20.1 Å². The molecule has 0 aliphatic heterocycles. The number of benzene rings is 4. The van der Waals surface area contributed by atoms with Gasteiger partial charge in [0.2, 0.25) is 0 Å². The number of carbonyl (C=O) groups excluding carboxylic acids is 1. The third-order valence-corrected chi connectivity index (χ3v) is 8.47. The lowest BCUT2D eigenvalue weighted by molar-refractivity contribution is 0.112. The van der Waals surface area contributed by atoms with E-state index < -0.39 is 0 Å². The van der Waals surface area contributed by atoms with Crippen LogP contribution in [0.2, 0.25) is 0 Å². The number of ether oxygens (including phenoxy) is 1. The molecule has 5 heteroatoms. The summed E-state index contributed by atoms with van der Waals surface area (Å²) in [6.45, 7) is 13.1. The fraction of sp³-hybridized carbons (Fsp3) is 0.432. The molecule has 49 heavy (non-hydrogen) atoms. The number of carbonyl (C=O) groups is 1. The van der Waals surface area contributed by atoms with Crippen molar-refractivity contribution in [3.8, 4) is 23.0 Å². The Labute approximate surface area is 296 Å². The van der Waals surface area contributed by atoms with Gasteiger partial charge in [-0.15, -0.1) is 0 Å². The normalized spacial score (nSPS) is 10.4. The van der Waals surface area contributed by atoms with Crippen LogP contribution in [0.15, 0.2) is 72.8 Å². The van der Waals surface area contributed by atoms with Crippen LogP contribution < -0.4 is 4.74 Å². The summed E-state index contributed by atoms with van der Waals surface area (Å²) >= 11 is 0. The topological polar surface area (TPSA) is 87.0 Å². The van der Waals surface area contributed by atoms with Crippen LogP contribution in [0.3, 0.4) is 0 Å². The lowest BCUT2D eigenvalue weighted by Crippen LogP contribution is -2.01. The van der Waals surface area contributed by atoms with Crippen molar-refractivity contribution in [1.82, 2.24) is 0 Å². The Morgan fingerprint density at radius 1 is 0.592 bits per heavy atom. The predicted molar refractivity (Wildman–Crippen MR) is 204 cm³/mol. The van der Waals surface area contributed by atoms with Gasteiger partial charge in [-0.2, -0.15) is 0 Å². The molecule has 0 aromatic heterocycles. The highest BCUT2D eigenvalue weighted by Gasteiger charge is 2.09. The smallest absolute Gasteiger partial charge is 0.150 e. The summed E-state index contributed by atoms with van der Waals surface area (Å²) in [5.74, 6) is 1.63. The van der Waals surface area contributed by atoms with Crippen LogP contribution in [0.4, 0.5) is 0 Å². The quantitative estimate of drug-likeness (QED) is 0.0817. The van der Waals surface area contributed by atoms with Gasteiger partial charge in [-0.3, -0.25) is 4.79 Å². The molecule has 4 aromatic rings. The Morgan fingerprint density at radius 2 is 1.16 bits per heavy atom. The molecule has 0 radical (unpaired) electrons. The number of unbranched alkanes of at least 4 members (excludes halogenated alkanes) is 6. The predicted octanol–water partition coefficient (Wildman–Crippen LogP) is 11.7. The highest BCUT2D eigenvalue weighted by molar-refractivity contribution is 5.80. The van der Waals surface area contributed by atoms with E-state index in [0.29, 0.717) is 12.4 Å². The van der Waals surface area contributed by atoms with Gasteiger partial charge in [-0.25, -0.2) is 0 Å². The summed E-state index contributed by atoms with van der Waals surface area (Å²) in [5.41, 5.74) is 8.42. The average molecular weight is 669 g/mol. The van der Waals surface area contributed by atoms with Crippen molar-refractivity contribution in [2.24, 2.45) is 0 Å². The molecule has 266 valence electrons. The van der Waals surface area contributed by atoms with E-state index in [1.54, 1.807) is 12.1 Å². The molecule has 0 fully saturated rings. The van der Waals surface area contributed by atoms with Gasteiger partial charge in [0, 0.05) is 11.6 Å². The van der Waals surface area contributed by atoms with E-state index in [1.165, 1.54) is 56.6 Å². The van der Waals surface area contributed by atoms with Crippen molar-refractivity contribution in [2.75, 3.05) is 0 Å². The maximum absolute atomic E-state index is 11.3. The Hall–Kier alpha value is -4.25. The minimum Gasteiger partial charge on any atom is -0.508 e. The number of aryl methyl sites for hydroxylation is 6. The third-order valence-electron chi connectivity index (χ3n) is 8.47. The fourth-order valence-electron chi connectivity index (χ4n) is 5.78. The molecule has 0 aliphatic rings. The molecule has 0 unspecified atom stereocenters. The molecule has 0 spiro atoms. The summed E-state index contributed by atoms with van der Waals surface area (Å²) in [6, 6.07) is 23.0. The minimum absolute atomic E-state index is 0.145. The largest absolute Gasteiger partial charge is 0.508 e. The lowest BCUT2D eigenvalue weighted by Gasteiger charge is -2.13. The van der Waals surface area contributed by atoms with Gasteiger partial charge in [-0.05, 0) is 117 Å². The number of phenols is 3. The van der Waals surface area contributed by atoms with E-state index in [-0.39, 0.29) is 11.5 Å². The van der Waals surface area contributed by atoms with Crippen LogP contribution in [0.1, 0.15) is 128 Å². The van der Waals surface area contributed by atoms with Crippen molar-refractivity contribution in [3.63, 3.8) is 0 Å². The first-order valence-corrected chi connectivity index (χ1v) is 18.2. The first-order chi connectivity index (χ1) is 23.6. The Morgan fingerprint density at radius 3 is 1.73 bits per heavy atom. The summed E-state index contributed by atoms with van der Waals surface area (Å²) < 4.78 is 5.90. The number of phenolic OH excluding ortho intramolecular Hbond substituents is 3. The summed E-state index contributed by atoms with van der Waals surface area (Å²) in [5, 5.41) is 28.2. The molecule has 0 heterocycles. The molecule has 0 atom stereocenters. The maximum atomic E-state index is 11.3. The summed E-state index contributed by atoms with van der Waals surface area (Å²) in [7, 11) is 0. The van der Waals surface area contributed by atoms with Gasteiger partial charge in [0.1, 0.15) is 29.6 Å². The van der Waals surface area contributed by atoms with Gasteiger partial charge in [0.05, 0.1) is 0 Å². The number of hydrogen-bond acceptors (Lipinski definition) is 5. The molecule has 4 aromatic carbocycles.